The lowest BCUT2D eigenvalue weighted by atomic mass is 9.79. The van der Waals surface area contributed by atoms with Gasteiger partial charge in [0.15, 0.2) is 5.79 Å². The van der Waals surface area contributed by atoms with Crippen LogP contribution in [0.25, 0.3) is 0 Å². The Morgan fingerprint density at radius 2 is 1.26 bits per heavy atom. The van der Waals surface area contributed by atoms with Crippen LogP contribution in [-0.4, -0.2) is 35.3 Å². The quantitative estimate of drug-likeness (QED) is 0.335. The molecule has 0 radical (unpaired) electrons. The lowest BCUT2D eigenvalue weighted by Crippen LogP contribution is -2.51. The molecule has 0 bridgehead atoms. The number of rotatable bonds is 9. The molecule has 1 aliphatic rings. The van der Waals surface area contributed by atoms with E-state index in [1.807, 2.05) is 105 Å². The third kappa shape index (κ3) is 4.50. The fourth-order valence-electron chi connectivity index (χ4n) is 4.60. The molecule has 1 N–H and O–H groups in total. The molecule has 176 valence electrons. The standard InChI is InChI=1S/C30H32O4/c1-5-26-27(34-28(3,4)33-26)29(31,6-2)22-32-30(23-16-10-7-11-17-23,24-18-12-8-13-19-24)25-20-14-9-15-21-25/h5-21,26-27,31H,1-2,22H2,3-4H3. The summed E-state index contributed by atoms with van der Waals surface area (Å²) >= 11 is 0. The summed E-state index contributed by atoms with van der Waals surface area (Å²) in [7, 11) is 0. The van der Waals surface area contributed by atoms with Gasteiger partial charge < -0.3 is 19.3 Å². The van der Waals surface area contributed by atoms with Crippen LogP contribution in [0.3, 0.4) is 0 Å². The van der Waals surface area contributed by atoms with Crippen molar-refractivity contribution in [1.29, 1.82) is 0 Å². The monoisotopic (exact) mass is 456 g/mol. The smallest absolute Gasteiger partial charge is 0.164 e. The van der Waals surface area contributed by atoms with Crippen molar-refractivity contribution >= 4 is 0 Å². The van der Waals surface area contributed by atoms with E-state index in [1.165, 1.54) is 6.08 Å². The fraction of sp³-hybridized carbons (Fsp3) is 0.267. The van der Waals surface area contributed by atoms with Crippen molar-refractivity contribution in [1.82, 2.24) is 0 Å². The first-order valence-corrected chi connectivity index (χ1v) is 11.5. The fourth-order valence-corrected chi connectivity index (χ4v) is 4.60. The highest BCUT2D eigenvalue weighted by atomic mass is 16.8. The van der Waals surface area contributed by atoms with Gasteiger partial charge >= 0.3 is 0 Å². The molecule has 0 amide bonds. The summed E-state index contributed by atoms with van der Waals surface area (Å²) in [4.78, 5) is 0. The Labute approximate surface area is 202 Å². The highest BCUT2D eigenvalue weighted by Crippen LogP contribution is 2.42. The summed E-state index contributed by atoms with van der Waals surface area (Å²) in [6, 6.07) is 30.1. The first kappa shape index (κ1) is 24.1. The van der Waals surface area contributed by atoms with Crippen molar-refractivity contribution in [2.24, 2.45) is 0 Å². The Morgan fingerprint density at radius 1 is 0.824 bits per heavy atom. The summed E-state index contributed by atoms with van der Waals surface area (Å²) in [6.07, 6.45) is 1.89. The maximum absolute atomic E-state index is 11.8. The molecule has 1 fully saturated rings. The minimum atomic E-state index is -1.53. The second-order valence-electron chi connectivity index (χ2n) is 9.02. The SMILES string of the molecule is C=CC1OC(C)(C)OC1C(O)(C=C)COC(c1ccccc1)(c1ccccc1)c1ccccc1. The molecule has 1 heterocycles. The van der Waals surface area contributed by atoms with Gasteiger partial charge in [0.2, 0.25) is 0 Å². The number of benzene rings is 3. The van der Waals surface area contributed by atoms with E-state index in [0.717, 1.165) is 16.7 Å². The molecule has 3 atom stereocenters. The Hall–Kier alpha value is -3.02. The zero-order valence-corrected chi connectivity index (χ0v) is 19.8. The number of aliphatic hydroxyl groups is 1. The van der Waals surface area contributed by atoms with Crippen LogP contribution in [0.15, 0.2) is 116 Å². The molecule has 34 heavy (non-hydrogen) atoms. The second-order valence-corrected chi connectivity index (χ2v) is 9.02. The minimum absolute atomic E-state index is 0.0797. The van der Waals surface area contributed by atoms with Gasteiger partial charge in [0.25, 0.3) is 0 Å². The van der Waals surface area contributed by atoms with Gasteiger partial charge in [-0.1, -0.05) is 103 Å². The molecule has 4 heteroatoms. The topological polar surface area (TPSA) is 47.9 Å². The lowest BCUT2D eigenvalue weighted by molar-refractivity contribution is -0.176. The number of hydrogen-bond donors (Lipinski definition) is 1. The van der Waals surface area contributed by atoms with E-state index in [9.17, 15) is 5.11 Å². The van der Waals surface area contributed by atoms with Crippen LogP contribution >= 0.6 is 0 Å². The number of ether oxygens (including phenoxy) is 3. The van der Waals surface area contributed by atoms with Crippen molar-refractivity contribution in [3.05, 3.63) is 133 Å². The van der Waals surface area contributed by atoms with Gasteiger partial charge in [-0.2, -0.15) is 0 Å². The molecule has 1 saturated heterocycles. The van der Waals surface area contributed by atoms with E-state index in [-0.39, 0.29) is 6.61 Å². The molecule has 1 aliphatic heterocycles. The molecule has 3 unspecified atom stereocenters. The highest BCUT2D eigenvalue weighted by Gasteiger charge is 2.51. The predicted molar refractivity (Wildman–Crippen MR) is 134 cm³/mol. The van der Waals surface area contributed by atoms with Gasteiger partial charge in [-0.05, 0) is 30.5 Å². The maximum Gasteiger partial charge on any atom is 0.164 e. The second kappa shape index (κ2) is 9.69. The molecule has 4 rings (SSSR count). The Bertz CT molecular complexity index is 998. The van der Waals surface area contributed by atoms with Crippen LogP contribution in [0.2, 0.25) is 0 Å². The van der Waals surface area contributed by atoms with Gasteiger partial charge in [0, 0.05) is 0 Å². The van der Waals surface area contributed by atoms with Gasteiger partial charge in [0.05, 0.1) is 6.61 Å². The molecule has 4 nitrogen and oxygen atoms in total. The zero-order valence-electron chi connectivity index (χ0n) is 19.8. The van der Waals surface area contributed by atoms with E-state index in [1.54, 1.807) is 6.08 Å². The summed E-state index contributed by atoms with van der Waals surface area (Å²) in [5.41, 5.74) is 0.337. The van der Waals surface area contributed by atoms with E-state index in [0.29, 0.717) is 0 Å². The average molecular weight is 457 g/mol. The first-order valence-electron chi connectivity index (χ1n) is 11.5. The van der Waals surface area contributed by atoms with Gasteiger partial charge in [-0.25, -0.2) is 0 Å². The van der Waals surface area contributed by atoms with Crippen molar-refractivity contribution in [2.45, 2.75) is 43.0 Å². The molecule has 0 spiro atoms. The molecule has 0 aromatic heterocycles. The third-order valence-electron chi connectivity index (χ3n) is 6.27. The van der Waals surface area contributed by atoms with Crippen molar-refractivity contribution in [2.75, 3.05) is 6.61 Å². The Kier molecular flexibility index (Phi) is 6.87. The molecule has 3 aromatic rings. The molecule has 3 aromatic carbocycles. The Balaban J connectivity index is 1.82. The van der Waals surface area contributed by atoms with Crippen LogP contribution in [-0.2, 0) is 19.8 Å². The normalized spacial score (nSPS) is 21.5. The van der Waals surface area contributed by atoms with E-state index in [2.05, 4.69) is 13.2 Å². The highest BCUT2D eigenvalue weighted by molar-refractivity contribution is 5.47. The van der Waals surface area contributed by atoms with Gasteiger partial charge in [0.1, 0.15) is 23.4 Å². The molecule has 0 aliphatic carbocycles. The first-order chi connectivity index (χ1) is 16.3. The zero-order chi connectivity index (χ0) is 24.2. The summed E-state index contributed by atoms with van der Waals surface area (Å²) in [6.45, 7) is 11.3. The van der Waals surface area contributed by atoms with Crippen LogP contribution in [0.1, 0.15) is 30.5 Å². The van der Waals surface area contributed by atoms with Crippen LogP contribution in [0.4, 0.5) is 0 Å². The van der Waals surface area contributed by atoms with Crippen molar-refractivity contribution in [3.63, 3.8) is 0 Å². The summed E-state index contributed by atoms with van der Waals surface area (Å²) in [5.74, 6) is -0.865. The molecular formula is C30H32O4. The number of hydrogen-bond acceptors (Lipinski definition) is 4. The lowest BCUT2D eigenvalue weighted by Gasteiger charge is -2.40. The van der Waals surface area contributed by atoms with Gasteiger partial charge in [-0.15, -0.1) is 13.2 Å². The molecule has 0 saturated carbocycles. The maximum atomic E-state index is 11.8. The molecular weight excluding hydrogens is 424 g/mol. The van der Waals surface area contributed by atoms with Crippen LogP contribution in [0, 0.1) is 0 Å². The summed E-state index contributed by atoms with van der Waals surface area (Å²) in [5, 5.41) is 11.8. The third-order valence-corrected chi connectivity index (χ3v) is 6.27. The van der Waals surface area contributed by atoms with Gasteiger partial charge in [-0.3, -0.25) is 0 Å². The predicted octanol–water partition coefficient (Wildman–Crippen LogP) is 5.62. The minimum Gasteiger partial charge on any atom is -0.381 e. The summed E-state index contributed by atoms with van der Waals surface area (Å²) < 4.78 is 18.9. The van der Waals surface area contributed by atoms with Crippen molar-refractivity contribution in [3.8, 4) is 0 Å². The Morgan fingerprint density at radius 3 is 1.65 bits per heavy atom. The van der Waals surface area contributed by atoms with Crippen LogP contribution < -0.4 is 0 Å². The largest absolute Gasteiger partial charge is 0.381 e. The van der Waals surface area contributed by atoms with E-state index < -0.39 is 29.2 Å². The van der Waals surface area contributed by atoms with Crippen molar-refractivity contribution < 1.29 is 19.3 Å². The average Bonchev–Trinajstić information content (AvgIpc) is 3.21. The van der Waals surface area contributed by atoms with E-state index in [4.69, 9.17) is 14.2 Å². The van der Waals surface area contributed by atoms with E-state index >= 15 is 0 Å². The van der Waals surface area contributed by atoms with Crippen LogP contribution in [0.5, 0.6) is 0 Å².